The van der Waals surface area contributed by atoms with Crippen LogP contribution in [0.15, 0.2) is 42.5 Å². The molecule has 1 atom stereocenters. The van der Waals surface area contributed by atoms with Crippen molar-refractivity contribution in [3.8, 4) is 11.5 Å². The van der Waals surface area contributed by atoms with Crippen molar-refractivity contribution in [1.82, 2.24) is 0 Å². The molecule has 0 aromatic heterocycles. The van der Waals surface area contributed by atoms with Gasteiger partial charge in [-0.1, -0.05) is 24.3 Å². The molecule has 0 aliphatic rings. The van der Waals surface area contributed by atoms with Crippen molar-refractivity contribution >= 4 is 5.69 Å². The normalized spacial score (nSPS) is 11.9. The summed E-state index contributed by atoms with van der Waals surface area (Å²) in [6.07, 6.45) is 0. The summed E-state index contributed by atoms with van der Waals surface area (Å²) < 4.78 is 5.72. The van der Waals surface area contributed by atoms with Crippen LogP contribution in [0.5, 0.6) is 11.5 Å². The van der Waals surface area contributed by atoms with Gasteiger partial charge >= 0.3 is 5.69 Å². The number of ether oxygens (including phenoxy) is 1. The monoisotopic (exact) mass is 272 g/mol. The van der Waals surface area contributed by atoms with E-state index in [-0.39, 0.29) is 17.5 Å². The number of nitrogens with two attached hydrogens (primary N) is 1. The third kappa shape index (κ3) is 2.95. The summed E-state index contributed by atoms with van der Waals surface area (Å²) in [6.45, 7) is 3.70. The lowest BCUT2D eigenvalue weighted by Crippen LogP contribution is -2.06. The predicted molar refractivity (Wildman–Crippen MR) is 77.0 cm³/mol. The second kappa shape index (κ2) is 5.71. The average Bonchev–Trinajstić information content (AvgIpc) is 2.38. The van der Waals surface area contributed by atoms with Crippen LogP contribution in [-0.2, 0) is 0 Å². The lowest BCUT2D eigenvalue weighted by molar-refractivity contribution is -0.385. The Labute approximate surface area is 117 Å². The number of benzene rings is 2. The van der Waals surface area contributed by atoms with E-state index >= 15 is 0 Å². The highest BCUT2D eigenvalue weighted by atomic mass is 16.6. The van der Waals surface area contributed by atoms with Gasteiger partial charge in [-0.05, 0) is 31.5 Å². The second-order valence-corrected chi connectivity index (χ2v) is 4.66. The first-order valence-electron chi connectivity index (χ1n) is 6.26. The summed E-state index contributed by atoms with van der Waals surface area (Å²) in [7, 11) is 0. The topological polar surface area (TPSA) is 78.4 Å². The fourth-order valence-corrected chi connectivity index (χ4v) is 1.92. The summed E-state index contributed by atoms with van der Waals surface area (Å²) >= 11 is 0. The number of aryl methyl sites for hydroxylation is 1. The zero-order chi connectivity index (χ0) is 14.7. The summed E-state index contributed by atoms with van der Waals surface area (Å²) in [5.74, 6) is 0.763. The van der Waals surface area contributed by atoms with E-state index in [0.29, 0.717) is 5.75 Å². The number of nitro groups is 1. The number of hydrogen-bond acceptors (Lipinski definition) is 4. The van der Waals surface area contributed by atoms with Crippen LogP contribution in [0.25, 0.3) is 0 Å². The Balaban J connectivity index is 2.45. The molecular weight excluding hydrogens is 256 g/mol. The highest BCUT2D eigenvalue weighted by Gasteiger charge is 2.17. The van der Waals surface area contributed by atoms with Crippen molar-refractivity contribution in [1.29, 1.82) is 0 Å². The van der Waals surface area contributed by atoms with E-state index in [1.165, 1.54) is 6.07 Å². The number of nitro benzene ring substituents is 1. The van der Waals surface area contributed by atoms with Crippen molar-refractivity contribution in [3.63, 3.8) is 0 Å². The molecule has 0 aliphatic heterocycles. The van der Waals surface area contributed by atoms with Crippen LogP contribution >= 0.6 is 0 Å². The molecule has 2 N–H and O–H groups in total. The maximum Gasteiger partial charge on any atom is 0.311 e. The lowest BCUT2D eigenvalue weighted by Gasteiger charge is -2.13. The van der Waals surface area contributed by atoms with Crippen LogP contribution in [0.1, 0.15) is 24.1 Å². The molecule has 0 amide bonds. The van der Waals surface area contributed by atoms with Crippen molar-refractivity contribution in [2.24, 2.45) is 5.73 Å². The molecule has 0 saturated carbocycles. The number of para-hydroxylation sites is 1. The van der Waals surface area contributed by atoms with Gasteiger partial charge in [0.25, 0.3) is 0 Å². The summed E-state index contributed by atoms with van der Waals surface area (Å²) in [4.78, 5) is 10.6. The standard InChI is InChI=1S/C15H16N2O3/c1-10-7-8-13(17(18)19)15(9-10)20-14-6-4-3-5-12(14)11(2)16/h3-9,11H,16H2,1-2H3. The van der Waals surface area contributed by atoms with Crippen LogP contribution in [0, 0.1) is 17.0 Å². The Hall–Kier alpha value is -2.40. The van der Waals surface area contributed by atoms with Gasteiger partial charge in [0.05, 0.1) is 4.92 Å². The Bertz CT molecular complexity index is 639. The molecule has 5 nitrogen and oxygen atoms in total. The predicted octanol–water partition coefficient (Wildman–Crippen LogP) is 3.72. The Morgan fingerprint density at radius 2 is 1.90 bits per heavy atom. The lowest BCUT2D eigenvalue weighted by atomic mass is 10.1. The largest absolute Gasteiger partial charge is 0.450 e. The Morgan fingerprint density at radius 3 is 2.55 bits per heavy atom. The first kappa shape index (κ1) is 14.0. The van der Waals surface area contributed by atoms with Gasteiger partial charge in [0.1, 0.15) is 5.75 Å². The van der Waals surface area contributed by atoms with E-state index in [4.69, 9.17) is 10.5 Å². The first-order chi connectivity index (χ1) is 9.49. The van der Waals surface area contributed by atoms with Crippen molar-refractivity contribution in [2.45, 2.75) is 19.9 Å². The molecule has 0 radical (unpaired) electrons. The molecule has 1 unspecified atom stereocenters. The molecule has 0 fully saturated rings. The number of rotatable bonds is 4. The molecule has 0 aliphatic carbocycles. The van der Waals surface area contributed by atoms with Crippen molar-refractivity contribution in [2.75, 3.05) is 0 Å². The number of nitrogens with zero attached hydrogens (tertiary/aromatic N) is 1. The van der Waals surface area contributed by atoms with E-state index in [0.717, 1.165) is 11.1 Å². The molecule has 104 valence electrons. The molecule has 2 aromatic rings. The van der Waals surface area contributed by atoms with Crippen LogP contribution in [-0.4, -0.2) is 4.92 Å². The van der Waals surface area contributed by atoms with Crippen LogP contribution in [0.3, 0.4) is 0 Å². The summed E-state index contributed by atoms with van der Waals surface area (Å²) in [6, 6.07) is 11.8. The summed E-state index contributed by atoms with van der Waals surface area (Å²) in [5.41, 5.74) is 7.52. The molecule has 2 rings (SSSR count). The van der Waals surface area contributed by atoms with Crippen LogP contribution in [0.2, 0.25) is 0 Å². The molecular formula is C15H16N2O3. The van der Waals surface area contributed by atoms with Crippen LogP contribution in [0.4, 0.5) is 5.69 Å². The van der Waals surface area contributed by atoms with Gasteiger partial charge in [0.2, 0.25) is 5.75 Å². The smallest absolute Gasteiger partial charge is 0.311 e. The maximum atomic E-state index is 11.0. The van der Waals surface area contributed by atoms with E-state index in [1.807, 2.05) is 32.0 Å². The van der Waals surface area contributed by atoms with Crippen molar-refractivity contribution in [3.05, 3.63) is 63.7 Å². The second-order valence-electron chi connectivity index (χ2n) is 4.66. The minimum atomic E-state index is -0.455. The van der Waals surface area contributed by atoms with Crippen molar-refractivity contribution < 1.29 is 9.66 Å². The molecule has 5 heteroatoms. The van der Waals surface area contributed by atoms with Gasteiger partial charge < -0.3 is 10.5 Å². The maximum absolute atomic E-state index is 11.0. The third-order valence-corrected chi connectivity index (χ3v) is 2.94. The Kier molecular flexibility index (Phi) is 4.00. The fraction of sp³-hybridized carbons (Fsp3) is 0.200. The summed E-state index contributed by atoms with van der Waals surface area (Å²) in [5, 5.41) is 11.0. The highest BCUT2D eigenvalue weighted by molar-refractivity contribution is 5.51. The first-order valence-corrected chi connectivity index (χ1v) is 6.26. The molecule has 2 aromatic carbocycles. The van der Waals surface area contributed by atoms with Gasteiger partial charge in [-0.3, -0.25) is 10.1 Å². The van der Waals surface area contributed by atoms with Gasteiger partial charge in [0.15, 0.2) is 0 Å². The number of hydrogen-bond donors (Lipinski definition) is 1. The fourth-order valence-electron chi connectivity index (χ4n) is 1.92. The quantitative estimate of drug-likeness (QED) is 0.679. The van der Waals surface area contributed by atoms with Crippen LogP contribution < -0.4 is 10.5 Å². The van der Waals surface area contributed by atoms with Gasteiger partial charge in [-0.15, -0.1) is 0 Å². The highest BCUT2D eigenvalue weighted by Crippen LogP contribution is 2.34. The van der Waals surface area contributed by atoms with Gasteiger partial charge in [-0.2, -0.15) is 0 Å². The van der Waals surface area contributed by atoms with Gasteiger partial charge in [-0.25, -0.2) is 0 Å². The molecule has 0 bridgehead atoms. The van der Waals surface area contributed by atoms with E-state index < -0.39 is 4.92 Å². The molecule has 0 saturated heterocycles. The third-order valence-electron chi connectivity index (χ3n) is 2.94. The van der Waals surface area contributed by atoms with E-state index in [2.05, 4.69) is 0 Å². The molecule has 0 spiro atoms. The minimum Gasteiger partial charge on any atom is -0.450 e. The zero-order valence-corrected chi connectivity index (χ0v) is 11.4. The van der Waals surface area contributed by atoms with Gasteiger partial charge in [0, 0.05) is 17.7 Å². The SMILES string of the molecule is Cc1ccc([N+](=O)[O-])c(Oc2ccccc2C(C)N)c1. The zero-order valence-electron chi connectivity index (χ0n) is 11.4. The molecule has 0 heterocycles. The van der Waals surface area contributed by atoms with E-state index in [9.17, 15) is 10.1 Å². The molecule has 20 heavy (non-hydrogen) atoms. The minimum absolute atomic E-state index is 0.0601. The van der Waals surface area contributed by atoms with E-state index in [1.54, 1.807) is 18.2 Å². The average molecular weight is 272 g/mol. The Morgan fingerprint density at radius 1 is 1.20 bits per heavy atom.